The van der Waals surface area contributed by atoms with Crippen LogP contribution in [0.4, 0.5) is 17.5 Å². The molecular weight excluding hydrogens is 560 g/mol. The molecule has 2 fully saturated rings. The molecule has 0 spiro atoms. The van der Waals surface area contributed by atoms with E-state index in [1.165, 1.54) is 19.3 Å². The van der Waals surface area contributed by atoms with E-state index in [2.05, 4.69) is 20.6 Å². The molecule has 0 aliphatic heterocycles. The number of fused-ring (bicyclic) bond motifs is 1. The van der Waals surface area contributed by atoms with Gasteiger partial charge in [-0.2, -0.15) is 4.98 Å². The first-order valence-corrected chi connectivity index (χ1v) is 15.8. The molecule has 0 amide bonds. The number of hydrogen-bond donors (Lipinski definition) is 4. The lowest BCUT2D eigenvalue weighted by Gasteiger charge is -2.28. The summed E-state index contributed by atoms with van der Waals surface area (Å²) in [7, 11) is 3.19. The first-order chi connectivity index (χ1) is 21.4. The van der Waals surface area contributed by atoms with E-state index in [0.29, 0.717) is 54.2 Å². The Balaban J connectivity index is 1.26. The van der Waals surface area contributed by atoms with Crippen molar-refractivity contribution in [3.05, 3.63) is 35.4 Å². The minimum atomic E-state index is -0.419. The van der Waals surface area contributed by atoms with Gasteiger partial charge in [0, 0.05) is 42.2 Å². The molecule has 1 atom stereocenters. The molecule has 2 aromatic carbocycles. The normalized spacial score (nSPS) is 16.5. The summed E-state index contributed by atoms with van der Waals surface area (Å²) in [6, 6.07) is 7.55. The van der Waals surface area contributed by atoms with E-state index >= 15 is 0 Å². The van der Waals surface area contributed by atoms with E-state index < -0.39 is 6.04 Å². The van der Waals surface area contributed by atoms with Gasteiger partial charge in [0.15, 0.2) is 11.5 Å². The van der Waals surface area contributed by atoms with Crippen LogP contribution >= 0.6 is 0 Å². The van der Waals surface area contributed by atoms with Gasteiger partial charge in [0.1, 0.15) is 18.0 Å². The van der Waals surface area contributed by atoms with Crippen LogP contribution in [0, 0.1) is 6.92 Å². The Bertz CT molecular complexity index is 1410. The molecule has 0 radical (unpaired) electrons. The van der Waals surface area contributed by atoms with Crippen molar-refractivity contribution < 1.29 is 23.7 Å². The molecule has 0 saturated heterocycles. The van der Waals surface area contributed by atoms with Crippen LogP contribution in [0.2, 0.25) is 0 Å². The van der Waals surface area contributed by atoms with E-state index in [1.54, 1.807) is 14.2 Å². The van der Waals surface area contributed by atoms with Crippen molar-refractivity contribution in [2.24, 2.45) is 0 Å². The van der Waals surface area contributed by atoms with Crippen molar-refractivity contribution in [1.29, 1.82) is 0 Å². The maximum Gasteiger partial charge on any atom is 0.323 e. The minimum absolute atomic E-state index is 0.0298. The largest absolute Gasteiger partial charge is 0.493 e. The lowest BCUT2D eigenvalue weighted by Crippen LogP contribution is -2.46. The Kier molecular flexibility index (Phi) is 10.5. The molecule has 5 rings (SSSR count). The monoisotopic (exact) mass is 606 g/mol. The summed E-state index contributed by atoms with van der Waals surface area (Å²) in [5, 5.41) is 7.83. The molecule has 1 heterocycles. The molecule has 6 N–H and O–H groups in total. The van der Waals surface area contributed by atoms with Gasteiger partial charge < -0.3 is 41.0 Å². The van der Waals surface area contributed by atoms with E-state index in [-0.39, 0.29) is 18.0 Å². The van der Waals surface area contributed by atoms with Gasteiger partial charge in [0.25, 0.3) is 0 Å². The van der Waals surface area contributed by atoms with Crippen LogP contribution in [0.1, 0.15) is 75.3 Å². The van der Waals surface area contributed by atoms with E-state index in [0.717, 1.165) is 60.7 Å². The number of carbonyl (C=O) groups excluding carboxylic acids is 1. The number of carbonyl (C=O) groups is 1. The lowest BCUT2D eigenvalue weighted by atomic mass is 9.94. The molecule has 238 valence electrons. The molecular formula is C33H46N6O5. The molecule has 0 bridgehead atoms. The molecule has 11 nitrogen and oxygen atoms in total. The molecule has 2 aliphatic rings. The number of rotatable bonds is 13. The van der Waals surface area contributed by atoms with Gasteiger partial charge in [-0.15, -0.1) is 0 Å². The first-order valence-electron chi connectivity index (χ1n) is 15.8. The summed E-state index contributed by atoms with van der Waals surface area (Å²) in [6.07, 6.45) is 10.4. The Hall–Kier alpha value is -3.99. The summed E-state index contributed by atoms with van der Waals surface area (Å²) in [4.78, 5) is 21.6. The predicted octanol–water partition coefficient (Wildman–Crippen LogP) is 5.28. The summed E-state index contributed by atoms with van der Waals surface area (Å²) in [5.41, 5.74) is 15.5. The quantitative estimate of drug-likeness (QED) is 0.188. The Labute approximate surface area is 259 Å². The maximum absolute atomic E-state index is 13.2. The number of aryl methyl sites for hydroxylation is 1. The third-order valence-electron chi connectivity index (χ3n) is 8.79. The number of anilines is 3. The fraction of sp³-hybridized carbons (Fsp3) is 0.545. The van der Waals surface area contributed by atoms with Crippen LogP contribution in [0.25, 0.3) is 10.9 Å². The summed E-state index contributed by atoms with van der Waals surface area (Å²) < 4.78 is 23.5. The number of benzene rings is 2. The Morgan fingerprint density at radius 2 is 1.66 bits per heavy atom. The van der Waals surface area contributed by atoms with Crippen molar-refractivity contribution in [2.45, 2.75) is 95.9 Å². The van der Waals surface area contributed by atoms with Gasteiger partial charge in [-0.05, 0) is 62.6 Å². The molecule has 1 unspecified atom stereocenters. The van der Waals surface area contributed by atoms with Crippen LogP contribution in [-0.2, 0) is 16.1 Å². The van der Waals surface area contributed by atoms with Gasteiger partial charge in [-0.3, -0.25) is 4.79 Å². The predicted molar refractivity (Wildman–Crippen MR) is 172 cm³/mol. The van der Waals surface area contributed by atoms with Crippen LogP contribution in [0.3, 0.4) is 0 Å². The number of esters is 1. The third-order valence-corrected chi connectivity index (χ3v) is 8.79. The van der Waals surface area contributed by atoms with Gasteiger partial charge in [-0.25, -0.2) is 4.98 Å². The highest BCUT2D eigenvalue weighted by Crippen LogP contribution is 2.41. The van der Waals surface area contributed by atoms with Gasteiger partial charge >= 0.3 is 5.97 Å². The average Bonchev–Trinajstić information content (AvgIpc) is 3.53. The molecule has 11 heteroatoms. The van der Waals surface area contributed by atoms with Crippen LogP contribution in [-0.4, -0.2) is 55.0 Å². The fourth-order valence-corrected chi connectivity index (χ4v) is 6.35. The molecule has 1 aromatic heterocycles. The first kappa shape index (κ1) is 31.4. The van der Waals surface area contributed by atoms with Crippen molar-refractivity contribution in [1.82, 2.24) is 15.3 Å². The summed E-state index contributed by atoms with van der Waals surface area (Å²) in [6.45, 7) is 2.82. The van der Waals surface area contributed by atoms with Crippen LogP contribution in [0.5, 0.6) is 17.2 Å². The number of hydrogen-bond acceptors (Lipinski definition) is 11. The zero-order chi connectivity index (χ0) is 31.1. The number of nitrogens with one attached hydrogen (secondary N) is 2. The average molecular weight is 607 g/mol. The van der Waals surface area contributed by atoms with E-state index in [1.807, 2.05) is 31.2 Å². The topological polar surface area (TPSA) is 156 Å². The van der Waals surface area contributed by atoms with Gasteiger partial charge in [0.05, 0.1) is 26.3 Å². The SMILES string of the molecule is COc1cc(NCc2ccc3nc(N)nc(N)c3c2C)cc(OC)c1OCCC(NC1CCCCC1)C(=O)OC1CCCC1. The fourth-order valence-electron chi connectivity index (χ4n) is 6.35. The molecule has 2 saturated carbocycles. The van der Waals surface area contributed by atoms with Crippen molar-refractivity contribution in [3.8, 4) is 17.2 Å². The number of aromatic nitrogens is 2. The van der Waals surface area contributed by atoms with Crippen LogP contribution < -0.4 is 36.3 Å². The van der Waals surface area contributed by atoms with E-state index in [4.69, 9.17) is 30.4 Å². The van der Waals surface area contributed by atoms with Crippen molar-refractivity contribution in [2.75, 3.05) is 37.6 Å². The van der Waals surface area contributed by atoms with Crippen molar-refractivity contribution in [3.63, 3.8) is 0 Å². The number of nitrogens with zero attached hydrogens (tertiary/aromatic N) is 2. The minimum Gasteiger partial charge on any atom is -0.493 e. The molecule has 44 heavy (non-hydrogen) atoms. The zero-order valence-electron chi connectivity index (χ0n) is 26.1. The number of methoxy groups -OCH3 is 2. The standard InChI is InChI=1S/C33H46N6O5/c1-20-21(13-14-25-29(20)31(34)39-33(35)38-25)19-36-23-17-27(41-2)30(28(18-23)42-3)43-16-15-26(37-22-9-5-4-6-10-22)32(40)44-24-11-7-8-12-24/h13-14,17-18,22,24,26,36-37H,4-12,15-16,19H2,1-3H3,(H4,34,35,38,39). The number of nitrogens with two attached hydrogens (primary N) is 2. The highest BCUT2D eigenvalue weighted by molar-refractivity contribution is 5.92. The lowest BCUT2D eigenvalue weighted by molar-refractivity contribution is -0.152. The molecule has 2 aliphatic carbocycles. The summed E-state index contributed by atoms with van der Waals surface area (Å²) in [5.74, 6) is 1.89. The molecule has 3 aromatic rings. The maximum atomic E-state index is 13.2. The van der Waals surface area contributed by atoms with Crippen molar-refractivity contribution >= 4 is 34.3 Å². The van der Waals surface area contributed by atoms with Crippen LogP contribution in [0.15, 0.2) is 24.3 Å². The van der Waals surface area contributed by atoms with Gasteiger partial charge in [-0.1, -0.05) is 25.3 Å². The Morgan fingerprint density at radius 1 is 0.977 bits per heavy atom. The van der Waals surface area contributed by atoms with Gasteiger partial charge in [0.2, 0.25) is 11.7 Å². The zero-order valence-corrected chi connectivity index (χ0v) is 26.1. The highest BCUT2D eigenvalue weighted by atomic mass is 16.5. The number of ether oxygens (including phenoxy) is 4. The number of nitrogen functional groups attached to an aromatic ring is 2. The van der Waals surface area contributed by atoms with E-state index in [9.17, 15) is 4.79 Å². The second-order valence-corrected chi connectivity index (χ2v) is 11.8. The smallest absolute Gasteiger partial charge is 0.323 e. The Morgan fingerprint density at radius 3 is 2.34 bits per heavy atom. The third kappa shape index (κ3) is 7.56. The second-order valence-electron chi connectivity index (χ2n) is 11.8. The second kappa shape index (κ2) is 14.7. The highest BCUT2D eigenvalue weighted by Gasteiger charge is 2.28. The summed E-state index contributed by atoms with van der Waals surface area (Å²) >= 11 is 0.